The molecule has 5 heteroatoms. The lowest BCUT2D eigenvalue weighted by atomic mass is 10.1. The second-order valence-electron chi connectivity index (χ2n) is 4.66. The molecule has 20 heavy (non-hydrogen) atoms. The van der Waals surface area contributed by atoms with Crippen molar-refractivity contribution in [3.63, 3.8) is 0 Å². The minimum Gasteiger partial charge on any atom is -0.382 e. The summed E-state index contributed by atoms with van der Waals surface area (Å²) in [6, 6.07) is 5.78. The summed E-state index contributed by atoms with van der Waals surface area (Å²) in [7, 11) is 1.67. The number of methoxy groups -OCH3 is 1. The molecule has 0 bridgehead atoms. The molecule has 0 aromatic heterocycles. The Balaban J connectivity index is 2.55. The van der Waals surface area contributed by atoms with Gasteiger partial charge in [-0.15, -0.1) is 0 Å². The van der Waals surface area contributed by atoms with Gasteiger partial charge in [-0.25, -0.2) is 0 Å². The van der Waals surface area contributed by atoms with Crippen LogP contribution < -0.4 is 5.32 Å². The van der Waals surface area contributed by atoms with Crippen molar-refractivity contribution in [2.45, 2.75) is 25.8 Å². The van der Waals surface area contributed by atoms with Crippen LogP contribution in [0.5, 0.6) is 0 Å². The maximum atomic E-state index is 6.21. The first-order valence-corrected chi connectivity index (χ1v) is 7.67. The normalized spacial score (nSPS) is 12.6. The minimum atomic E-state index is 0.225. The zero-order valence-corrected chi connectivity index (χ0v) is 13.6. The van der Waals surface area contributed by atoms with Crippen molar-refractivity contribution in [3.8, 4) is 0 Å². The summed E-state index contributed by atoms with van der Waals surface area (Å²) in [6.07, 6.45) is 1.88. The Labute approximate surface area is 131 Å². The molecule has 0 saturated heterocycles. The Morgan fingerprint density at radius 3 is 2.75 bits per heavy atom. The van der Waals surface area contributed by atoms with Crippen LogP contribution in [0.15, 0.2) is 18.2 Å². The first-order chi connectivity index (χ1) is 9.67. The van der Waals surface area contributed by atoms with E-state index in [1.54, 1.807) is 13.2 Å². The van der Waals surface area contributed by atoms with Crippen molar-refractivity contribution in [1.82, 2.24) is 5.32 Å². The quantitative estimate of drug-likeness (QED) is 0.669. The molecule has 0 saturated carbocycles. The van der Waals surface area contributed by atoms with Gasteiger partial charge in [-0.1, -0.05) is 30.1 Å². The summed E-state index contributed by atoms with van der Waals surface area (Å²) in [5, 5.41) is 4.93. The number of ether oxygens (including phenoxy) is 2. The zero-order chi connectivity index (χ0) is 14.8. The van der Waals surface area contributed by atoms with Crippen molar-refractivity contribution >= 4 is 23.2 Å². The van der Waals surface area contributed by atoms with E-state index in [-0.39, 0.29) is 6.04 Å². The van der Waals surface area contributed by atoms with E-state index in [0.717, 1.165) is 30.0 Å². The highest BCUT2D eigenvalue weighted by atomic mass is 35.5. The van der Waals surface area contributed by atoms with E-state index in [0.29, 0.717) is 24.8 Å². The van der Waals surface area contributed by atoms with Gasteiger partial charge in [-0.2, -0.15) is 0 Å². The number of hydrogen-bond acceptors (Lipinski definition) is 3. The number of rotatable bonds is 10. The Bertz CT molecular complexity index is 388. The van der Waals surface area contributed by atoms with Crippen LogP contribution in [0.25, 0.3) is 0 Å². The van der Waals surface area contributed by atoms with Gasteiger partial charge >= 0.3 is 0 Å². The van der Waals surface area contributed by atoms with E-state index in [2.05, 4.69) is 12.2 Å². The van der Waals surface area contributed by atoms with Gasteiger partial charge in [0.1, 0.15) is 0 Å². The summed E-state index contributed by atoms with van der Waals surface area (Å²) in [6.45, 7) is 4.94. The maximum Gasteiger partial charge on any atom is 0.0701 e. The molecule has 1 rings (SSSR count). The SMILES string of the molecule is CCCNC(COCCOC)Cc1cc(Cl)ccc1Cl. The van der Waals surface area contributed by atoms with Crippen molar-refractivity contribution in [2.24, 2.45) is 0 Å². The molecule has 1 atom stereocenters. The van der Waals surface area contributed by atoms with Gasteiger partial charge in [0, 0.05) is 23.2 Å². The van der Waals surface area contributed by atoms with E-state index < -0.39 is 0 Å². The maximum absolute atomic E-state index is 6.21. The molecule has 0 amide bonds. The molecule has 0 aliphatic rings. The van der Waals surface area contributed by atoms with Crippen LogP contribution in [0, 0.1) is 0 Å². The molecular formula is C15H23Cl2NO2. The van der Waals surface area contributed by atoms with Crippen LogP contribution in [0.1, 0.15) is 18.9 Å². The number of nitrogens with one attached hydrogen (secondary N) is 1. The average molecular weight is 320 g/mol. The fourth-order valence-corrected chi connectivity index (χ4v) is 2.26. The summed E-state index contributed by atoms with van der Waals surface area (Å²) in [4.78, 5) is 0. The summed E-state index contributed by atoms with van der Waals surface area (Å²) in [5.41, 5.74) is 1.04. The number of benzene rings is 1. The minimum absolute atomic E-state index is 0.225. The van der Waals surface area contributed by atoms with Crippen LogP contribution in [0.2, 0.25) is 10.0 Å². The topological polar surface area (TPSA) is 30.5 Å². The van der Waals surface area contributed by atoms with Crippen molar-refractivity contribution in [1.29, 1.82) is 0 Å². The van der Waals surface area contributed by atoms with E-state index in [1.807, 2.05) is 12.1 Å². The Morgan fingerprint density at radius 1 is 1.25 bits per heavy atom. The summed E-state index contributed by atoms with van der Waals surface area (Å²) in [5.74, 6) is 0. The first-order valence-electron chi connectivity index (χ1n) is 6.91. The molecule has 0 radical (unpaired) electrons. The predicted molar refractivity (Wildman–Crippen MR) is 84.9 cm³/mol. The fraction of sp³-hybridized carbons (Fsp3) is 0.600. The predicted octanol–water partition coefficient (Wildman–Crippen LogP) is 3.57. The Hall–Kier alpha value is -0.320. The van der Waals surface area contributed by atoms with Crippen molar-refractivity contribution < 1.29 is 9.47 Å². The molecule has 1 N–H and O–H groups in total. The largest absolute Gasteiger partial charge is 0.382 e. The highest BCUT2D eigenvalue weighted by Gasteiger charge is 2.12. The molecular weight excluding hydrogens is 297 g/mol. The van der Waals surface area contributed by atoms with Gasteiger partial charge in [-0.3, -0.25) is 0 Å². The van der Waals surface area contributed by atoms with Crippen molar-refractivity contribution in [2.75, 3.05) is 33.5 Å². The third kappa shape index (κ3) is 6.91. The van der Waals surface area contributed by atoms with Crippen molar-refractivity contribution in [3.05, 3.63) is 33.8 Å². The summed E-state index contributed by atoms with van der Waals surface area (Å²) >= 11 is 12.2. The highest BCUT2D eigenvalue weighted by Crippen LogP contribution is 2.22. The fourth-order valence-electron chi connectivity index (χ4n) is 1.87. The molecule has 3 nitrogen and oxygen atoms in total. The summed E-state index contributed by atoms with van der Waals surface area (Å²) < 4.78 is 10.6. The zero-order valence-electron chi connectivity index (χ0n) is 12.1. The molecule has 0 aliphatic carbocycles. The monoisotopic (exact) mass is 319 g/mol. The third-order valence-corrected chi connectivity index (χ3v) is 3.51. The molecule has 0 aliphatic heterocycles. The van der Waals surface area contributed by atoms with Gasteiger partial charge in [0.2, 0.25) is 0 Å². The van der Waals surface area contributed by atoms with E-state index in [4.69, 9.17) is 32.7 Å². The van der Waals surface area contributed by atoms with Gasteiger partial charge in [-0.05, 0) is 43.1 Å². The van der Waals surface area contributed by atoms with Crippen LogP contribution in [-0.2, 0) is 15.9 Å². The molecule has 0 spiro atoms. The number of halogens is 2. The lowest BCUT2D eigenvalue weighted by Crippen LogP contribution is -2.36. The van der Waals surface area contributed by atoms with E-state index in [9.17, 15) is 0 Å². The van der Waals surface area contributed by atoms with E-state index in [1.165, 1.54) is 0 Å². The van der Waals surface area contributed by atoms with Crippen LogP contribution in [0.4, 0.5) is 0 Å². The molecule has 0 fully saturated rings. The second-order valence-corrected chi connectivity index (χ2v) is 5.50. The third-order valence-electron chi connectivity index (χ3n) is 2.91. The molecule has 114 valence electrons. The lowest BCUT2D eigenvalue weighted by Gasteiger charge is -2.19. The van der Waals surface area contributed by atoms with Crippen LogP contribution in [-0.4, -0.2) is 39.5 Å². The Morgan fingerprint density at radius 2 is 2.05 bits per heavy atom. The molecule has 0 heterocycles. The van der Waals surface area contributed by atoms with Crippen LogP contribution in [0.3, 0.4) is 0 Å². The van der Waals surface area contributed by atoms with Gasteiger partial charge < -0.3 is 14.8 Å². The Kier molecular flexibility index (Phi) is 9.23. The van der Waals surface area contributed by atoms with E-state index >= 15 is 0 Å². The molecule has 1 aromatic carbocycles. The smallest absolute Gasteiger partial charge is 0.0701 e. The lowest BCUT2D eigenvalue weighted by molar-refractivity contribution is 0.0587. The van der Waals surface area contributed by atoms with Crippen LogP contribution >= 0.6 is 23.2 Å². The second kappa shape index (κ2) is 10.4. The molecule has 1 aromatic rings. The first kappa shape index (κ1) is 17.7. The van der Waals surface area contributed by atoms with Gasteiger partial charge in [0.05, 0.1) is 19.8 Å². The highest BCUT2D eigenvalue weighted by molar-refractivity contribution is 6.33. The number of hydrogen-bond donors (Lipinski definition) is 1. The van der Waals surface area contributed by atoms with Gasteiger partial charge in [0.15, 0.2) is 0 Å². The standard InChI is InChI=1S/C15H23Cl2NO2/c1-3-6-18-14(11-20-8-7-19-2)10-12-9-13(16)4-5-15(12)17/h4-5,9,14,18H,3,6-8,10-11H2,1-2H3. The molecule has 1 unspecified atom stereocenters. The van der Waals surface area contributed by atoms with Gasteiger partial charge in [0.25, 0.3) is 0 Å². The average Bonchev–Trinajstić information content (AvgIpc) is 2.44.